The molecule has 0 aliphatic heterocycles. The molecule has 0 spiro atoms. The maximum absolute atomic E-state index is 12.2. The van der Waals surface area contributed by atoms with Gasteiger partial charge in [-0.15, -0.1) is 24.8 Å². The van der Waals surface area contributed by atoms with Gasteiger partial charge in [-0.05, 0) is 37.5 Å². The molecule has 0 bridgehead atoms. The molecule has 0 aliphatic rings. The fraction of sp³-hybridized carbons (Fsp3) is 0.375. The van der Waals surface area contributed by atoms with Crippen LogP contribution in [-0.2, 0) is 6.54 Å². The lowest BCUT2D eigenvalue weighted by molar-refractivity contribution is 0.0946. The minimum Gasteiger partial charge on any atom is -0.399 e. The van der Waals surface area contributed by atoms with Crippen molar-refractivity contribution < 1.29 is 4.79 Å². The molecule has 0 saturated heterocycles. The van der Waals surface area contributed by atoms with Crippen molar-refractivity contribution in [2.75, 3.05) is 12.3 Å². The first-order valence-corrected chi connectivity index (χ1v) is 7.09. The molecule has 1 unspecified atom stereocenters. The van der Waals surface area contributed by atoms with Gasteiger partial charge in [0.2, 0.25) is 0 Å². The molecule has 2 aromatic rings. The van der Waals surface area contributed by atoms with E-state index in [2.05, 4.69) is 21.8 Å². The molecule has 1 atom stereocenters. The Labute approximate surface area is 149 Å². The monoisotopic (exact) mass is 358 g/mol. The van der Waals surface area contributed by atoms with E-state index in [4.69, 9.17) is 5.73 Å². The van der Waals surface area contributed by atoms with Gasteiger partial charge in [-0.3, -0.25) is 4.79 Å². The molecule has 7 heteroatoms. The summed E-state index contributed by atoms with van der Waals surface area (Å²) in [4.78, 5) is 16.4. The number of aryl methyl sites for hydroxylation is 2. The molecule has 0 radical (unpaired) electrons. The van der Waals surface area contributed by atoms with Crippen LogP contribution in [-0.4, -0.2) is 22.0 Å². The number of imidazole rings is 1. The summed E-state index contributed by atoms with van der Waals surface area (Å²) in [5.74, 6) is 1.23. The maximum atomic E-state index is 12.2. The van der Waals surface area contributed by atoms with Crippen LogP contribution in [0.25, 0.3) is 0 Å². The predicted octanol–water partition coefficient (Wildman–Crippen LogP) is 2.99. The average Bonchev–Trinajstić information content (AvgIpc) is 2.84. The number of nitrogens with one attached hydrogen (secondary N) is 1. The summed E-state index contributed by atoms with van der Waals surface area (Å²) in [7, 11) is 0. The van der Waals surface area contributed by atoms with Crippen molar-refractivity contribution in [1.82, 2.24) is 14.9 Å². The van der Waals surface area contributed by atoms with Gasteiger partial charge in [0.1, 0.15) is 5.82 Å². The first-order chi connectivity index (χ1) is 9.97. The van der Waals surface area contributed by atoms with Gasteiger partial charge in [-0.1, -0.05) is 13.0 Å². The van der Waals surface area contributed by atoms with E-state index in [1.54, 1.807) is 18.3 Å². The minimum absolute atomic E-state index is 0. The number of halogens is 2. The Morgan fingerprint density at radius 2 is 2.04 bits per heavy atom. The Hall–Kier alpha value is -1.72. The Balaban J connectivity index is 0.00000242. The Kier molecular flexibility index (Phi) is 8.72. The van der Waals surface area contributed by atoms with Crippen LogP contribution in [0, 0.1) is 19.8 Å². The number of rotatable bonds is 5. The second kappa shape index (κ2) is 9.43. The zero-order valence-electron chi connectivity index (χ0n) is 13.6. The number of amides is 1. The maximum Gasteiger partial charge on any atom is 0.251 e. The van der Waals surface area contributed by atoms with Crippen LogP contribution >= 0.6 is 24.8 Å². The smallest absolute Gasteiger partial charge is 0.251 e. The lowest BCUT2D eigenvalue weighted by atomic mass is 10.1. The molecule has 1 heterocycles. The first kappa shape index (κ1) is 21.3. The Morgan fingerprint density at radius 1 is 1.35 bits per heavy atom. The normalized spacial score (nSPS) is 11.1. The van der Waals surface area contributed by atoms with E-state index in [0.717, 1.165) is 17.9 Å². The molecule has 3 N–H and O–H groups in total. The summed E-state index contributed by atoms with van der Waals surface area (Å²) >= 11 is 0. The van der Waals surface area contributed by atoms with Gasteiger partial charge in [-0.25, -0.2) is 4.98 Å². The highest BCUT2D eigenvalue weighted by Gasteiger charge is 2.11. The molecule has 1 aromatic heterocycles. The number of nitrogens with two attached hydrogens (primary N) is 1. The molecule has 5 nitrogen and oxygen atoms in total. The van der Waals surface area contributed by atoms with E-state index < -0.39 is 0 Å². The van der Waals surface area contributed by atoms with E-state index in [0.29, 0.717) is 23.7 Å². The van der Waals surface area contributed by atoms with Gasteiger partial charge in [0, 0.05) is 36.7 Å². The number of carbonyl (C=O) groups excluding carboxylic acids is 1. The molecule has 128 valence electrons. The number of nitrogens with zero attached hydrogens (tertiary/aromatic N) is 2. The summed E-state index contributed by atoms with van der Waals surface area (Å²) in [6.07, 6.45) is 3.74. The molecular formula is C16H24Cl2N4O. The van der Waals surface area contributed by atoms with E-state index in [9.17, 15) is 4.79 Å². The van der Waals surface area contributed by atoms with Crippen LogP contribution in [0.5, 0.6) is 0 Å². The van der Waals surface area contributed by atoms with Gasteiger partial charge in [-0.2, -0.15) is 0 Å². The summed E-state index contributed by atoms with van der Waals surface area (Å²) < 4.78 is 2.09. The molecule has 0 fully saturated rings. The lowest BCUT2D eigenvalue weighted by Gasteiger charge is -2.15. The molecule has 0 aliphatic carbocycles. The second-order valence-electron chi connectivity index (χ2n) is 5.52. The van der Waals surface area contributed by atoms with Gasteiger partial charge in [0.05, 0.1) is 0 Å². The highest BCUT2D eigenvalue weighted by Crippen LogP contribution is 2.12. The SMILES string of the molecule is Cc1ccc(N)cc1C(=O)NCC(C)Cn1ccnc1C.Cl.Cl. The number of benzene rings is 1. The minimum atomic E-state index is -0.0750. The van der Waals surface area contributed by atoms with Crippen LogP contribution in [0.15, 0.2) is 30.6 Å². The Morgan fingerprint density at radius 3 is 2.65 bits per heavy atom. The van der Waals surface area contributed by atoms with Crippen LogP contribution in [0.2, 0.25) is 0 Å². The van der Waals surface area contributed by atoms with Gasteiger partial charge >= 0.3 is 0 Å². The zero-order valence-corrected chi connectivity index (χ0v) is 15.2. The molecule has 0 saturated carbocycles. The van der Waals surface area contributed by atoms with Crippen molar-refractivity contribution in [3.63, 3.8) is 0 Å². The van der Waals surface area contributed by atoms with Gasteiger partial charge in [0.15, 0.2) is 0 Å². The summed E-state index contributed by atoms with van der Waals surface area (Å²) in [6.45, 7) is 7.44. The fourth-order valence-corrected chi connectivity index (χ4v) is 2.24. The standard InChI is InChI=1S/C16H22N4O.2ClH/c1-11(10-20-7-6-18-13(20)3)9-19-16(21)15-8-14(17)5-4-12(15)2;;/h4-8,11H,9-10,17H2,1-3H3,(H,19,21);2*1H. The summed E-state index contributed by atoms with van der Waals surface area (Å²) in [6, 6.07) is 5.38. The van der Waals surface area contributed by atoms with E-state index in [-0.39, 0.29) is 30.7 Å². The highest BCUT2D eigenvalue weighted by molar-refractivity contribution is 5.96. The van der Waals surface area contributed by atoms with Crippen molar-refractivity contribution in [1.29, 1.82) is 0 Å². The van der Waals surface area contributed by atoms with Crippen LogP contribution in [0.4, 0.5) is 5.69 Å². The number of aromatic nitrogens is 2. The van der Waals surface area contributed by atoms with Crippen molar-refractivity contribution >= 4 is 36.4 Å². The van der Waals surface area contributed by atoms with Crippen molar-refractivity contribution in [3.05, 3.63) is 47.5 Å². The van der Waals surface area contributed by atoms with Crippen LogP contribution in [0.3, 0.4) is 0 Å². The number of hydrogen-bond donors (Lipinski definition) is 2. The fourth-order valence-electron chi connectivity index (χ4n) is 2.24. The third-order valence-electron chi connectivity index (χ3n) is 3.55. The average molecular weight is 359 g/mol. The molecule has 1 aromatic carbocycles. The first-order valence-electron chi connectivity index (χ1n) is 7.09. The predicted molar refractivity (Wildman–Crippen MR) is 98.5 cm³/mol. The summed E-state index contributed by atoms with van der Waals surface area (Å²) in [5.41, 5.74) is 7.91. The van der Waals surface area contributed by atoms with E-state index in [1.165, 1.54) is 0 Å². The number of hydrogen-bond acceptors (Lipinski definition) is 3. The third-order valence-corrected chi connectivity index (χ3v) is 3.55. The van der Waals surface area contributed by atoms with Crippen molar-refractivity contribution in [2.45, 2.75) is 27.3 Å². The van der Waals surface area contributed by atoms with Crippen LogP contribution in [0.1, 0.15) is 28.7 Å². The number of carbonyl (C=O) groups is 1. The quantitative estimate of drug-likeness (QED) is 0.806. The number of anilines is 1. The van der Waals surface area contributed by atoms with Crippen molar-refractivity contribution in [3.8, 4) is 0 Å². The lowest BCUT2D eigenvalue weighted by Crippen LogP contribution is -2.30. The third kappa shape index (κ3) is 5.77. The zero-order chi connectivity index (χ0) is 15.4. The Bertz CT molecular complexity index is 643. The second-order valence-corrected chi connectivity index (χ2v) is 5.52. The van der Waals surface area contributed by atoms with Crippen LogP contribution < -0.4 is 11.1 Å². The van der Waals surface area contributed by atoms with Gasteiger partial charge in [0.25, 0.3) is 5.91 Å². The molecule has 2 rings (SSSR count). The molecular weight excluding hydrogens is 335 g/mol. The summed E-state index contributed by atoms with van der Waals surface area (Å²) in [5, 5.41) is 2.97. The highest BCUT2D eigenvalue weighted by atomic mass is 35.5. The topological polar surface area (TPSA) is 72.9 Å². The van der Waals surface area contributed by atoms with E-state index >= 15 is 0 Å². The molecule has 23 heavy (non-hydrogen) atoms. The van der Waals surface area contributed by atoms with Crippen molar-refractivity contribution in [2.24, 2.45) is 5.92 Å². The molecule has 1 amide bonds. The van der Waals surface area contributed by atoms with Gasteiger partial charge < -0.3 is 15.6 Å². The largest absolute Gasteiger partial charge is 0.399 e. The number of nitrogen functional groups attached to an aromatic ring is 1. The van der Waals surface area contributed by atoms with E-state index in [1.807, 2.05) is 26.1 Å².